The van der Waals surface area contributed by atoms with Crippen molar-refractivity contribution in [1.29, 1.82) is 0 Å². The van der Waals surface area contributed by atoms with Crippen LogP contribution in [-0.2, 0) is 0 Å². The normalized spacial score (nSPS) is 11.0. The third-order valence-corrected chi connectivity index (χ3v) is 5.25. The van der Waals surface area contributed by atoms with Gasteiger partial charge in [0.15, 0.2) is 0 Å². The molecule has 5 rings (SSSR count). The van der Waals surface area contributed by atoms with Crippen molar-refractivity contribution in [3.8, 4) is 22.8 Å². The Hall–Kier alpha value is -4.23. The number of aliphatic hydroxyl groups excluding tert-OH is 1. The third-order valence-electron chi connectivity index (χ3n) is 5.25. The number of hydrogen-bond acceptors (Lipinski definition) is 4. The van der Waals surface area contributed by atoms with E-state index in [0.717, 1.165) is 22.8 Å². The second kappa shape index (κ2) is 8.49. The average molecular weight is 423 g/mol. The number of nitrogens with zero attached hydrogens (tertiary/aromatic N) is 3. The predicted molar refractivity (Wildman–Crippen MR) is 124 cm³/mol. The van der Waals surface area contributed by atoms with E-state index in [9.17, 15) is 9.90 Å². The first kappa shape index (κ1) is 19.7. The molecule has 3 aromatic heterocycles. The maximum absolute atomic E-state index is 13.3. The molecule has 7 heteroatoms. The highest BCUT2D eigenvalue weighted by Gasteiger charge is 2.19. The van der Waals surface area contributed by atoms with Gasteiger partial charge in [0.05, 0.1) is 29.0 Å². The van der Waals surface area contributed by atoms with Gasteiger partial charge in [0.25, 0.3) is 5.91 Å². The molecule has 0 unspecified atom stereocenters. The van der Waals surface area contributed by atoms with Gasteiger partial charge in [-0.15, -0.1) is 0 Å². The predicted octanol–water partition coefficient (Wildman–Crippen LogP) is 4.26. The first-order valence-electron chi connectivity index (χ1n) is 10.3. The van der Waals surface area contributed by atoms with Gasteiger partial charge < -0.3 is 20.0 Å². The fraction of sp³-hybridized carbons (Fsp3) is 0.0800. The number of aliphatic hydroxyl groups is 1. The number of anilines is 1. The number of amides is 1. The Bertz CT molecular complexity index is 1350. The fourth-order valence-electron chi connectivity index (χ4n) is 3.73. The van der Waals surface area contributed by atoms with Gasteiger partial charge in [-0.25, -0.2) is 9.97 Å². The number of benzene rings is 2. The average Bonchev–Trinajstić information content (AvgIpc) is 3.56. The van der Waals surface area contributed by atoms with Crippen LogP contribution in [0.15, 0.2) is 85.2 Å². The van der Waals surface area contributed by atoms with Crippen molar-refractivity contribution in [1.82, 2.24) is 19.9 Å². The summed E-state index contributed by atoms with van der Waals surface area (Å²) in [6, 6.07) is 22.3. The van der Waals surface area contributed by atoms with Gasteiger partial charge in [-0.1, -0.05) is 18.2 Å². The second-order valence-corrected chi connectivity index (χ2v) is 7.31. The van der Waals surface area contributed by atoms with Crippen molar-refractivity contribution < 1.29 is 9.90 Å². The maximum Gasteiger partial charge on any atom is 0.258 e. The summed E-state index contributed by atoms with van der Waals surface area (Å²) in [6.45, 7) is 0.0660. The molecular formula is C25H21N5O2. The molecule has 0 saturated carbocycles. The van der Waals surface area contributed by atoms with Crippen LogP contribution < -0.4 is 4.90 Å². The van der Waals surface area contributed by atoms with Crippen LogP contribution in [0.25, 0.3) is 33.8 Å². The summed E-state index contributed by atoms with van der Waals surface area (Å²) in [4.78, 5) is 31.0. The fourth-order valence-corrected chi connectivity index (χ4v) is 3.73. The zero-order valence-corrected chi connectivity index (χ0v) is 17.2. The van der Waals surface area contributed by atoms with Crippen molar-refractivity contribution in [2.24, 2.45) is 0 Å². The van der Waals surface area contributed by atoms with Crippen LogP contribution in [0.4, 0.5) is 5.69 Å². The van der Waals surface area contributed by atoms with Gasteiger partial charge in [-0.2, -0.15) is 0 Å². The number of aromatic amines is 2. The number of para-hydroxylation sites is 1. The zero-order chi connectivity index (χ0) is 21.9. The first-order chi connectivity index (χ1) is 15.7. The standard InChI is InChI=1S/C25H21N5O2/c31-15-14-30(18-6-2-1-3-7-18)25(32)17-10-11-19-22(16-17)29-24(21-9-5-13-27-21)23(28-19)20-8-4-12-26-20/h1-13,16,26-27,31H,14-15H2. The van der Waals surface area contributed by atoms with Gasteiger partial charge in [-0.3, -0.25) is 4.79 Å². The summed E-state index contributed by atoms with van der Waals surface area (Å²) in [7, 11) is 0. The van der Waals surface area contributed by atoms with Gasteiger partial charge in [0.2, 0.25) is 0 Å². The Morgan fingerprint density at radius 3 is 2.06 bits per heavy atom. The summed E-state index contributed by atoms with van der Waals surface area (Å²) in [5, 5.41) is 9.51. The Morgan fingerprint density at radius 1 is 0.812 bits per heavy atom. The summed E-state index contributed by atoms with van der Waals surface area (Å²) in [5.74, 6) is -0.205. The minimum absolute atomic E-state index is 0.134. The molecule has 0 atom stereocenters. The van der Waals surface area contributed by atoms with E-state index in [2.05, 4.69) is 9.97 Å². The lowest BCUT2D eigenvalue weighted by molar-refractivity contribution is 0.0981. The molecule has 158 valence electrons. The Morgan fingerprint density at radius 2 is 1.47 bits per heavy atom. The number of fused-ring (bicyclic) bond motifs is 1. The quantitative estimate of drug-likeness (QED) is 0.380. The van der Waals surface area contributed by atoms with E-state index < -0.39 is 0 Å². The molecular weight excluding hydrogens is 402 g/mol. The number of carbonyl (C=O) groups is 1. The van der Waals surface area contributed by atoms with Crippen molar-refractivity contribution in [2.75, 3.05) is 18.1 Å². The third kappa shape index (κ3) is 3.66. The topological polar surface area (TPSA) is 97.9 Å². The highest BCUT2D eigenvalue weighted by molar-refractivity contribution is 6.07. The molecule has 2 aromatic carbocycles. The number of carbonyl (C=O) groups excluding carboxylic acids is 1. The van der Waals surface area contributed by atoms with E-state index in [1.807, 2.05) is 73.1 Å². The second-order valence-electron chi connectivity index (χ2n) is 7.31. The molecule has 0 aliphatic heterocycles. The van der Waals surface area contributed by atoms with Crippen molar-refractivity contribution in [2.45, 2.75) is 0 Å². The lowest BCUT2D eigenvalue weighted by Gasteiger charge is -2.22. The molecule has 5 aromatic rings. The van der Waals surface area contributed by atoms with Gasteiger partial charge in [-0.05, 0) is 54.6 Å². The summed E-state index contributed by atoms with van der Waals surface area (Å²) < 4.78 is 0. The molecule has 0 radical (unpaired) electrons. The van der Waals surface area contributed by atoms with Crippen LogP contribution in [0.5, 0.6) is 0 Å². The zero-order valence-electron chi connectivity index (χ0n) is 17.2. The molecule has 0 saturated heterocycles. The smallest absolute Gasteiger partial charge is 0.258 e. The number of nitrogens with one attached hydrogen (secondary N) is 2. The van der Waals surface area contributed by atoms with E-state index in [1.54, 1.807) is 17.0 Å². The minimum atomic E-state index is -0.205. The highest BCUT2D eigenvalue weighted by Crippen LogP contribution is 2.29. The van der Waals surface area contributed by atoms with Gasteiger partial charge in [0.1, 0.15) is 11.4 Å². The summed E-state index contributed by atoms with van der Waals surface area (Å²) >= 11 is 0. The maximum atomic E-state index is 13.3. The lowest BCUT2D eigenvalue weighted by Crippen LogP contribution is -2.33. The molecule has 3 heterocycles. The Labute approximate surface area is 184 Å². The van der Waals surface area contributed by atoms with Crippen LogP contribution in [-0.4, -0.2) is 44.1 Å². The van der Waals surface area contributed by atoms with E-state index in [-0.39, 0.29) is 19.1 Å². The van der Waals surface area contributed by atoms with Gasteiger partial charge >= 0.3 is 0 Å². The van der Waals surface area contributed by atoms with Crippen LogP contribution in [0.2, 0.25) is 0 Å². The lowest BCUT2D eigenvalue weighted by atomic mass is 10.1. The first-order valence-corrected chi connectivity index (χ1v) is 10.3. The summed E-state index contributed by atoms with van der Waals surface area (Å²) in [6.07, 6.45) is 3.69. The van der Waals surface area contributed by atoms with Crippen LogP contribution >= 0.6 is 0 Å². The molecule has 3 N–H and O–H groups in total. The molecule has 32 heavy (non-hydrogen) atoms. The van der Waals surface area contributed by atoms with E-state index in [1.165, 1.54) is 0 Å². The SMILES string of the molecule is O=C(c1ccc2nc(-c3ccc[nH]3)c(-c3ccc[nH]3)nc2c1)N(CCO)c1ccccc1. The van der Waals surface area contributed by atoms with Crippen LogP contribution in [0, 0.1) is 0 Å². The highest BCUT2D eigenvalue weighted by atomic mass is 16.3. The molecule has 0 aliphatic rings. The summed E-state index contributed by atoms with van der Waals surface area (Å²) in [5.41, 5.74) is 5.65. The molecule has 0 bridgehead atoms. The molecule has 0 aliphatic carbocycles. The van der Waals surface area contributed by atoms with Crippen molar-refractivity contribution >= 4 is 22.6 Å². The van der Waals surface area contributed by atoms with E-state index in [0.29, 0.717) is 22.3 Å². The van der Waals surface area contributed by atoms with Crippen molar-refractivity contribution in [3.05, 3.63) is 90.8 Å². The van der Waals surface area contributed by atoms with E-state index in [4.69, 9.17) is 9.97 Å². The molecule has 0 spiro atoms. The van der Waals surface area contributed by atoms with Gasteiger partial charge in [0, 0.05) is 30.2 Å². The molecule has 0 fully saturated rings. The number of rotatable bonds is 6. The largest absolute Gasteiger partial charge is 0.395 e. The Balaban J connectivity index is 1.61. The van der Waals surface area contributed by atoms with E-state index >= 15 is 0 Å². The van der Waals surface area contributed by atoms with Crippen molar-refractivity contribution in [3.63, 3.8) is 0 Å². The van der Waals surface area contributed by atoms with Crippen LogP contribution in [0.3, 0.4) is 0 Å². The number of aromatic nitrogens is 4. The van der Waals surface area contributed by atoms with Crippen LogP contribution in [0.1, 0.15) is 10.4 Å². The monoisotopic (exact) mass is 423 g/mol. The molecule has 7 nitrogen and oxygen atoms in total. The minimum Gasteiger partial charge on any atom is -0.395 e. The number of hydrogen-bond donors (Lipinski definition) is 3. The molecule has 1 amide bonds. The Kier molecular flexibility index (Phi) is 5.23. The number of H-pyrrole nitrogens is 2.